The van der Waals surface area contributed by atoms with Gasteiger partial charge in [0.25, 0.3) is 0 Å². The molecule has 4 aliphatic heterocycles. The monoisotopic (exact) mass is 308 g/mol. The van der Waals surface area contributed by atoms with Crippen molar-refractivity contribution in [2.45, 2.75) is 0 Å². The highest BCUT2D eigenvalue weighted by Crippen LogP contribution is 2.20. The maximum absolute atomic E-state index is 3.47. The SMILES string of the molecule is C1N2CN3CN1CN(C2)C3.C=CCI. The molecule has 0 aliphatic carbocycles. The highest BCUT2D eigenvalue weighted by Gasteiger charge is 2.36. The highest BCUT2D eigenvalue weighted by atomic mass is 127. The molecule has 0 spiro atoms. The number of hydrogen-bond donors (Lipinski definition) is 0. The van der Waals surface area contributed by atoms with Crippen molar-refractivity contribution in [3.05, 3.63) is 12.7 Å². The average Bonchev–Trinajstić information content (AvgIpc) is 2.16. The Balaban J connectivity index is 0.000000165. The van der Waals surface area contributed by atoms with E-state index in [-0.39, 0.29) is 0 Å². The molecule has 4 heterocycles. The molecule has 4 fully saturated rings. The van der Waals surface area contributed by atoms with Gasteiger partial charge in [-0.15, -0.1) is 6.58 Å². The van der Waals surface area contributed by atoms with Gasteiger partial charge in [-0.05, 0) is 0 Å². The van der Waals surface area contributed by atoms with Gasteiger partial charge in [-0.3, -0.25) is 19.6 Å². The summed E-state index contributed by atoms with van der Waals surface area (Å²) in [5.41, 5.74) is 0. The maximum Gasteiger partial charge on any atom is 0.0555 e. The van der Waals surface area contributed by atoms with E-state index in [2.05, 4.69) is 48.8 Å². The summed E-state index contributed by atoms with van der Waals surface area (Å²) in [6, 6.07) is 0. The minimum Gasteiger partial charge on any atom is -0.264 e. The van der Waals surface area contributed by atoms with Crippen LogP contribution in [-0.2, 0) is 0 Å². The van der Waals surface area contributed by atoms with Crippen LogP contribution in [0.5, 0.6) is 0 Å². The van der Waals surface area contributed by atoms with E-state index in [1.807, 2.05) is 6.08 Å². The first-order chi connectivity index (χ1) is 6.81. The Labute approximate surface area is 99.3 Å². The summed E-state index contributed by atoms with van der Waals surface area (Å²) in [4.78, 5) is 9.88. The van der Waals surface area contributed by atoms with Crippen LogP contribution in [0.4, 0.5) is 0 Å². The molecule has 0 atom stereocenters. The van der Waals surface area contributed by atoms with Gasteiger partial charge in [-0.1, -0.05) is 28.7 Å². The zero-order valence-corrected chi connectivity index (χ0v) is 10.6. The summed E-state index contributed by atoms with van der Waals surface area (Å²) in [6.07, 6.45) is 1.86. The third kappa shape index (κ3) is 2.46. The van der Waals surface area contributed by atoms with Gasteiger partial charge in [0, 0.05) is 4.43 Å². The smallest absolute Gasteiger partial charge is 0.0555 e. The molecule has 0 saturated carbocycles. The van der Waals surface area contributed by atoms with Crippen LogP contribution in [0.3, 0.4) is 0 Å². The number of hydrogen-bond acceptors (Lipinski definition) is 4. The maximum atomic E-state index is 3.47. The van der Waals surface area contributed by atoms with E-state index in [0.717, 1.165) is 4.43 Å². The lowest BCUT2D eigenvalue weighted by Crippen LogP contribution is -2.71. The molecule has 0 unspecified atom stereocenters. The first-order valence-corrected chi connectivity index (χ1v) is 6.40. The number of rotatable bonds is 1. The molecule has 0 aromatic carbocycles. The van der Waals surface area contributed by atoms with Crippen molar-refractivity contribution in [2.24, 2.45) is 0 Å². The van der Waals surface area contributed by atoms with Gasteiger partial charge in [0.2, 0.25) is 0 Å². The fourth-order valence-electron chi connectivity index (χ4n) is 2.23. The minimum absolute atomic E-state index is 1.05. The molecule has 4 bridgehead atoms. The van der Waals surface area contributed by atoms with Crippen molar-refractivity contribution in [3.8, 4) is 0 Å². The minimum atomic E-state index is 1.05. The molecular formula is C9H17IN4. The summed E-state index contributed by atoms with van der Waals surface area (Å²) < 4.78 is 1.05. The molecule has 0 N–H and O–H groups in total. The molecule has 0 radical (unpaired) electrons. The molecule has 4 aliphatic rings. The van der Waals surface area contributed by atoms with E-state index in [1.165, 1.54) is 40.0 Å². The van der Waals surface area contributed by atoms with Gasteiger partial charge < -0.3 is 0 Å². The van der Waals surface area contributed by atoms with E-state index in [4.69, 9.17) is 0 Å². The van der Waals surface area contributed by atoms with Gasteiger partial charge in [0.1, 0.15) is 0 Å². The molecule has 4 nitrogen and oxygen atoms in total. The molecular weight excluding hydrogens is 291 g/mol. The van der Waals surface area contributed by atoms with Crippen molar-refractivity contribution in [2.75, 3.05) is 44.4 Å². The Morgan fingerprint density at radius 1 is 0.857 bits per heavy atom. The van der Waals surface area contributed by atoms with Crippen LogP contribution in [0.1, 0.15) is 0 Å². The normalized spacial score (nSPS) is 42.9. The Bertz CT molecular complexity index is 152. The third-order valence-electron chi connectivity index (χ3n) is 2.51. The van der Waals surface area contributed by atoms with Crippen molar-refractivity contribution < 1.29 is 0 Å². The summed E-state index contributed by atoms with van der Waals surface area (Å²) in [5, 5.41) is 0. The van der Waals surface area contributed by atoms with Crippen LogP contribution >= 0.6 is 22.6 Å². The average molecular weight is 308 g/mol. The number of alkyl halides is 1. The quantitative estimate of drug-likeness (QED) is 0.399. The van der Waals surface area contributed by atoms with Crippen LogP contribution in [0.25, 0.3) is 0 Å². The zero-order chi connectivity index (χ0) is 9.97. The summed E-state index contributed by atoms with van der Waals surface area (Å²) in [7, 11) is 0. The van der Waals surface area contributed by atoms with E-state index in [9.17, 15) is 0 Å². The third-order valence-corrected chi connectivity index (χ3v) is 3.13. The van der Waals surface area contributed by atoms with E-state index >= 15 is 0 Å². The van der Waals surface area contributed by atoms with E-state index in [0.29, 0.717) is 0 Å². The molecule has 0 aromatic rings. The van der Waals surface area contributed by atoms with Crippen LogP contribution in [-0.4, -0.2) is 64.0 Å². The number of allylic oxidation sites excluding steroid dienone is 1. The molecule has 4 rings (SSSR count). The first-order valence-electron chi connectivity index (χ1n) is 4.88. The summed E-state index contributed by atoms with van der Waals surface area (Å²) >= 11 is 2.23. The van der Waals surface area contributed by atoms with E-state index in [1.54, 1.807) is 0 Å². The second-order valence-electron chi connectivity index (χ2n) is 3.97. The molecule has 0 aromatic heterocycles. The van der Waals surface area contributed by atoms with E-state index < -0.39 is 0 Å². The fourth-order valence-corrected chi connectivity index (χ4v) is 2.23. The van der Waals surface area contributed by atoms with Crippen LogP contribution in [0, 0.1) is 0 Å². The lowest BCUT2D eigenvalue weighted by molar-refractivity contribution is -0.194. The standard InChI is InChI=1S/C6H12N4.C3H5I/c1-7-2-9-4-8(1)5-10(3-7)6-9;1-2-3-4/h1-6H2;2H,1,3H2. The Kier molecular flexibility index (Phi) is 3.78. The lowest BCUT2D eigenvalue weighted by atomic mass is 10.4. The second kappa shape index (κ2) is 4.89. The van der Waals surface area contributed by atoms with Gasteiger partial charge in [-0.2, -0.15) is 0 Å². The number of nitrogens with zero attached hydrogens (tertiary/aromatic N) is 4. The Morgan fingerprint density at radius 2 is 1.07 bits per heavy atom. The zero-order valence-electron chi connectivity index (χ0n) is 8.40. The second-order valence-corrected chi connectivity index (χ2v) is 4.86. The predicted octanol–water partition coefficient (Wildman–Crippen LogP) is 0.588. The summed E-state index contributed by atoms with van der Waals surface area (Å²) in [6.45, 7) is 10.6. The largest absolute Gasteiger partial charge is 0.264 e. The van der Waals surface area contributed by atoms with Gasteiger partial charge in [-0.25, -0.2) is 0 Å². The fraction of sp³-hybridized carbons (Fsp3) is 0.778. The lowest BCUT2D eigenvalue weighted by Gasteiger charge is -2.56. The Hall–Kier alpha value is 0.310. The van der Waals surface area contributed by atoms with Crippen LogP contribution in [0.15, 0.2) is 12.7 Å². The van der Waals surface area contributed by atoms with Crippen molar-refractivity contribution in [3.63, 3.8) is 0 Å². The molecule has 4 saturated heterocycles. The molecule has 14 heavy (non-hydrogen) atoms. The summed E-state index contributed by atoms with van der Waals surface area (Å²) in [5.74, 6) is 0. The topological polar surface area (TPSA) is 13.0 Å². The molecule has 5 heteroatoms. The number of halogens is 1. The van der Waals surface area contributed by atoms with Crippen LogP contribution < -0.4 is 0 Å². The van der Waals surface area contributed by atoms with Gasteiger partial charge in [0.05, 0.1) is 40.0 Å². The van der Waals surface area contributed by atoms with Crippen molar-refractivity contribution in [1.82, 2.24) is 19.6 Å². The van der Waals surface area contributed by atoms with Gasteiger partial charge in [0.15, 0.2) is 0 Å². The predicted molar refractivity (Wildman–Crippen MR) is 65.6 cm³/mol. The van der Waals surface area contributed by atoms with Gasteiger partial charge >= 0.3 is 0 Å². The highest BCUT2D eigenvalue weighted by molar-refractivity contribution is 14.1. The molecule has 0 amide bonds. The molecule has 80 valence electrons. The first kappa shape index (κ1) is 10.8. The Morgan fingerprint density at radius 3 is 1.21 bits per heavy atom. The van der Waals surface area contributed by atoms with Crippen molar-refractivity contribution in [1.29, 1.82) is 0 Å². The van der Waals surface area contributed by atoms with Crippen molar-refractivity contribution >= 4 is 22.6 Å². The van der Waals surface area contributed by atoms with Crippen LogP contribution in [0.2, 0.25) is 0 Å².